The van der Waals surface area contributed by atoms with Crippen molar-refractivity contribution in [2.24, 2.45) is 0 Å². The molecule has 10 heteroatoms. The topological polar surface area (TPSA) is 160 Å². The fraction of sp³-hybridized carbons (Fsp3) is 0.400. The second-order valence-electron chi connectivity index (χ2n) is 4.35. The monoisotopic (exact) mass is 282 g/mol. The fourth-order valence-corrected chi connectivity index (χ4v) is 2.08. The van der Waals surface area contributed by atoms with Gasteiger partial charge in [0.2, 0.25) is 12.2 Å². The van der Waals surface area contributed by atoms with E-state index < -0.39 is 30.5 Å². The zero-order valence-corrected chi connectivity index (χ0v) is 10.1. The van der Waals surface area contributed by atoms with Gasteiger partial charge in [-0.25, -0.2) is 4.98 Å². The Bertz CT molecular complexity index is 697. The fourth-order valence-electron chi connectivity index (χ4n) is 2.08. The van der Waals surface area contributed by atoms with Crippen molar-refractivity contribution < 1.29 is 20.1 Å². The highest BCUT2D eigenvalue weighted by Gasteiger charge is 2.45. The molecule has 1 saturated heterocycles. The van der Waals surface area contributed by atoms with Crippen LogP contribution in [0.5, 0.6) is 0 Å². The number of aliphatic hydroxyl groups is 3. The molecule has 1 aliphatic heterocycles. The number of aromatic amines is 1. The highest BCUT2D eigenvalue weighted by molar-refractivity contribution is 5.71. The number of rotatable bonds is 2. The molecular formula is C10H12N5O5. The van der Waals surface area contributed by atoms with Gasteiger partial charge < -0.3 is 25.8 Å². The highest BCUT2D eigenvalue weighted by Crippen LogP contribution is 2.29. The zero-order valence-electron chi connectivity index (χ0n) is 10.1. The molecule has 0 bridgehead atoms. The van der Waals surface area contributed by atoms with Gasteiger partial charge >= 0.3 is 0 Å². The third-order valence-corrected chi connectivity index (χ3v) is 3.07. The van der Waals surface area contributed by atoms with Gasteiger partial charge in [-0.05, 0) is 0 Å². The maximum Gasteiger partial charge on any atom is 0.280 e. The van der Waals surface area contributed by atoms with Crippen LogP contribution >= 0.6 is 0 Å². The van der Waals surface area contributed by atoms with Crippen LogP contribution in [0.4, 0.5) is 5.95 Å². The first-order valence-corrected chi connectivity index (χ1v) is 5.76. The van der Waals surface area contributed by atoms with E-state index in [0.717, 1.165) is 0 Å². The van der Waals surface area contributed by atoms with Gasteiger partial charge in [-0.2, -0.15) is 4.98 Å². The van der Waals surface area contributed by atoms with Gasteiger partial charge in [0.05, 0.1) is 12.9 Å². The molecule has 107 valence electrons. The Labute approximate surface area is 111 Å². The standard InChI is InChI=1S/C10H12N5O5/c11-10-13-7-4(8(19)14-10)12-2-15(7)9-6(18)5(17)3(1-16)20-9/h2-3,5-6,16-18H,1H2,(H3,11,13,14,19)/t3-,5-,6-/m1/s1. The summed E-state index contributed by atoms with van der Waals surface area (Å²) < 4.78 is 6.48. The van der Waals surface area contributed by atoms with Crippen molar-refractivity contribution in [3.8, 4) is 0 Å². The molecule has 3 heterocycles. The van der Waals surface area contributed by atoms with Gasteiger partial charge in [0, 0.05) is 0 Å². The average Bonchev–Trinajstić information content (AvgIpc) is 2.93. The van der Waals surface area contributed by atoms with Crippen LogP contribution in [0, 0.1) is 6.23 Å². The van der Waals surface area contributed by atoms with Crippen molar-refractivity contribution in [1.82, 2.24) is 19.5 Å². The highest BCUT2D eigenvalue weighted by atomic mass is 16.6. The second-order valence-corrected chi connectivity index (χ2v) is 4.35. The van der Waals surface area contributed by atoms with Gasteiger partial charge in [-0.3, -0.25) is 14.3 Å². The molecule has 3 atom stereocenters. The van der Waals surface area contributed by atoms with E-state index in [1.165, 1.54) is 10.9 Å². The molecule has 0 spiro atoms. The molecule has 1 fully saturated rings. The first-order chi connectivity index (χ1) is 9.52. The number of nitrogens with two attached hydrogens (primary N) is 1. The van der Waals surface area contributed by atoms with Crippen LogP contribution in [0.25, 0.3) is 11.2 Å². The number of hydrogen-bond donors (Lipinski definition) is 5. The van der Waals surface area contributed by atoms with Crippen molar-refractivity contribution in [3.05, 3.63) is 22.9 Å². The maximum atomic E-state index is 11.6. The molecule has 20 heavy (non-hydrogen) atoms. The number of imidazole rings is 1. The minimum absolute atomic E-state index is 0.0180. The van der Waals surface area contributed by atoms with E-state index >= 15 is 0 Å². The molecule has 0 amide bonds. The maximum absolute atomic E-state index is 11.6. The minimum Gasteiger partial charge on any atom is -0.394 e. The summed E-state index contributed by atoms with van der Waals surface area (Å²) in [6.07, 6.45) is -2.47. The van der Waals surface area contributed by atoms with E-state index in [0.29, 0.717) is 0 Å². The van der Waals surface area contributed by atoms with Crippen LogP contribution in [0.1, 0.15) is 0 Å². The number of nitrogens with one attached hydrogen (secondary N) is 1. The van der Waals surface area contributed by atoms with E-state index in [9.17, 15) is 15.0 Å². The van der Waals surface area contributed by atoms with E-state index in [1.807, 2.05) is 0 Å². The smallest absolute Gasteiger partial charge is 0.280 e. The van der Waals surface area contributed by atoms with E-state index in [2.05, 4.69) is 15.0 Å². The molecule has 1 aliphatic rings. The van der Waals surface area contributed by atoms with Crippen LogP contribution in [-0.2, 0) is 4.74 Å². The number of hydrogen-bond acceptors (Lipinski definition) is 8. The molecule has 1 radical (unpaired) electrons. The van der Waals surface area contributed by atoms with E-state index in [4.69, 9.17) is 15.6 Å². The number of aromatic nitrogens is 4. The Hall–Kier alpha value is -2.01. The Morgan fingerprint density at radius 1 is 1.50 bits per heavy atom. The lowest BCUT2D eigenvalue weighted by Gasteiger charge is -2.14. The normalized spacial score (nSPS) is 27.4. The third kappa shape index (κ3) is 1.78. The Balaban J connectivity index is 2.09. The van der Waals surface area contributed by atoms with Crippen molar-refractivity contribution in [2.75, 3.05) is 12.3 Å². The molecule has 6 N–H and O–H groups in total. The predicted molar refractivity (Wildman–Crippen MR) is 65.2 cm³/mol. The summed E-state index contributed by atoms with van der Waals surface area (Å²) in [7, 11) is 0. The number of fused-ring (bicyclic) bond motifs is 1. The summed E-state index contributed by atoms with van der Waals surface area (Å²) in [5, 5.41) is 28.7. The first kappa shape index (κ1) is 13.0. The van der Waals surface area contributed by atoms with Gasteiger partial charge in [0.15, 0.2) is 11.2 Å². The summed E-state index contributed by atoms with van der Waals surface area (Å²) in [6.45, 7) is -0.468. The molecule has 0 aliphatic carbocycles. The van der Waals surface area contributed by atoms with E-state index in [-0.39, 0.29) is 23.3 Å². The third-order valence-electron chi connectivity index (χ3n) is 3.07. The van der Waals surface area contributed by atoms with Crippen molar-refractivity contribution in [3.63, 3.8) is 0 Å². The quantitative estimate of drug-likeness (QED) is 0.393. The summed E-state index contributed by atoms with van der Waals surface area (Å²) in [6, 6.07) is 0. The van der Waals surface area contributed by atoms with Crippen LogP contribution in [-0.4, -0.2) is 59.8 Å². The van der Waals surface area contributed by atoms with Crippen molar-refractivity contribution in [1.29, 1.82) is 0 Å². The van der Waals surface area contributed by atoms with Crippen LogP contribution in [0.15, 0.2) is 11.1 Å². The van der Waals surface area contributed by atoms with Gasteiger partial charge in [-0.1, -0.05) is 0 Å². The number of H-pyrrole nitrogens is 1. The van der Waals surface area contributed by atoms with Crippen LogP contribution in [0.3, 0.4) is 0 Å². The average molecular weight is 282 g/mol. The van der Waals surface area contributed by atoms with E-state index in [1.54, 1.807) is 0 Å². The number of nitrogen functional groups attached to an aromatic ring is 1. The number of ether oxygens (including phenoxy) is 1. The van der Waals surface area contributed by atoms with Gasteiger partial charge in [-0.15, -0.1) is 0 Å². The second kappa shape index (κ2) is 4.52. The number of anilines is 1. The van der Waals surface area contributed by atoms with Crippen LogP contribution < -0.4 is 11.3 Å². The Morgan fingerprint density at radius 2 is 2.25 bits per heavy atom. The molecule has 0 unspecified atom stereocenters. The lowest BCUT2D eigenvalue weighted by Crippen LogP contribution is -2.33. The lowest BCUT2D eigenvalue weighted by molar-refractivity contribution is -0.00653. The summed E-state index contributed by atoms with van der Waals surface area (Å²) in [4.78, 5) is 21.7. The number of aliphatic hydroxyl groups excluding tert-OH is 3. The van der Waals surface area contributed by atoms with Crippen molar-refractivity contribution in [2.45, 2.75) is 18.3 Å². The molecule has 2 aromatic heterocycles. The van der Waals surface area contributed by atoms with Crippen LogP contribution in [0.2, 0.25) is 0 Å². The largest absolute Gasteiger partial charge is 0.394 e. The molecule has 0 saturated carbocycles. The molecule has 0 aromatic carbocycles. The zero-order chi connectivity index (χ0) is 14.4. The SMILES string of the molecule is Nc1nc2c(ncn2[C]2O[C@H](CO)[C@@H](O)[C@H]2O)c(=O)[nH]1. The summed E-state index contributed by atoms with van der Waals surface area (Å²) in [5.74, 6) is -0.114. The lowest BCUT2D eigenvalue weighted by atomic mass is 10.1. The Kier molecular flexibility index (Phi) is 2.94. The molecule has 2 aromatic rings. The summed E-state index contributed by atoms with van der Waals surface area (Å²) in [5.41, 5.74) is 5.04. The van der Waals surface area contributed by atoms with Gasteiger partial charge in [0.25, 0.3) is 5.56 Å². The summed E-state index contributed by atoms with van der Waals surface area (Å²) >= 11 is 0. The molecular weight excluding hydrogens is 270 g/mol. The minimum atomic E-state index is -1.37. The van der Waals surface area contributed by atoms with Crippen molar-refractivity contribution >= 4 is 17.1 Å². The van der Waals surface area contributed by atoms with Gasteiger partial charge in [0.1, 0.15) is 18.3 Å². The molecule has 3 rings (SSSR count). The first-order valence-electron chi connectivity index (χ1n) is 5.76. The Morgan fingerprint density at radius 3 is 2.90 bits per heavy atom. The number of nitrogens with zero attached hydrogens (tertiary/aromatic N) is 3. The molecule has 10 nitrogen and oxygen atoms in total. The predicted octanol–water partition coefficient (Wildman–Crippen LogP) is -2.85.